The molecule has 1 unspecified atom stereocenters. The van der Waals surface area contributed by atoms with E-state index in [0.717, 1.165) is 12.2 Å². The van der Waals surface area contributed by atoms with Gasteiger partial charge in [-0.3, -0.25) is 4.98 Å². The van der Waals surface area contributed by atoms with E-state index < -0.39 is 0 Å². The van der Waals surface area contributed by atoms with Crippen molar-refractivity contribution in [1.82, 2.24) is 9.97 Å². The molecule has 0 saturated heterocycles. The van der Waals surface area contributed by atoms with Crippen LogP contribution < -0.4 is 5.32 Å². The van der Waals surface area contributed by atoms with Gasteiger partial charge in [-0.25, -0.2) is 4.98 Å². The van der Waals surface area contributed by atoms with Gasteiger partial charge in [-0.1, -0.05) is 38.1 Å². The normalized spacial score (nSPS) is 20.4. The molecule has 1 aliphatic carbocycles. The molecule has 3 rings (SSSR count). The van der Waals surface area contributed by atoms with E-state index in [1.807, 2.05) is 0 Å². The summed E-state index contributed by atoms with van der Waals surface area (Å²) in [6.07, 6.45) is 6.27. The topological polar surface area (TPSA) is 37.8 Å². The van der Waals surface area contributed by atoms with E-state index in [2.05, 4.69) is 53.4 Å². The first-order valence-corrected chi connectivity index (χ1v) is 6.29. The molecule has 0 spiro atoms. The van der Waals surface area contributed by atoms with Crippen LogP contribution in [0.25, 0.3) is 0 Å². The van der Waals surface area contributed by atoms with E-state index in [1.165, 1.54) is 11.1 Å². The first-order chi connectivity index (χ1) is 8.67. The molecule has 18 heavy (non-hydrogen) atoms. The lowest BCUT2D eigenvalue weighted by molar-refractivity contribution is 0.493. The molecule has 0 bridgehead atoms. The van der Waals surface area contributed by atoms with Gasteiger partial charge in [-0.15, -0.1) is 0 Å². The summed E-state index contributed by atoms with van der Waals surface area (Å²) in [5, 5.41) is 3.48. The van der Waals surface area contributed by atoms with Crippen LogP contribution in [0.1, 0.15) is 37.4 Å². The Hall–Kier alpha value is -1.90. The van der Waals surface area contributed by atoms with Crippen LogP contribution in [0.2, 0.25) is 0 Å². The van der Waals surface area contributed by atoms with Gasteiger partial charge in [0.15, 0.2) is 0 Å². The maximum Gasteiger partial charge on any atom is 0.144 e. The molecule has 0 fully saturated rings. The lowest BCUT2D eigenvalue weighted by Crippen LogP contribution is -2.14. The number of fused-ring (bicyclic) bond motifs is 1. The summed E-state index contributed by atoms with van der Waals surface area (Å²) in [7, 11) is 0. The van der Waals surface area contributed by atoms with Crippen LogP contribution in [0.3, 0.4) is 0 Å². The molecule has 1 heterocycles. The number of aromatic nitrogens is 2. The number of benzene rings is 1. The number of rotatable bonds is 2. The van der Waals surface area contributed by atoms with Gasteiger partial charge in [0, 0.05) is 12.4 Å². The second-order valence-electron chi connectivity index (χ2n) is 5.46. The zero-order valence-electron chi connectivity index (χ0n) is 10.7. The maximum atomic E-state index is 4.29. The van der Waals surface area contributed by atoms with E-state index in [1.54, 1.807) is 18.6 Å². The Morgan fingerprint density at radius 3 is 2.83 bits per heavy atom. The fraction of sp³-hybridized carbons (Fsp3) is 0.333. The van der Waals surface area contributed by atoms with Gasteiger partial charge in [-0.2, -0.15) is 0 Å². The Morgan fingerprint density at radius 1 is 1.22 bits per heavy atom. The van der Waals surface area contributed by atoms with E-state index in [4.69, 9.17) is 0 Å². The summed E-state index contributed by atoms with van der Waals surface area (Å²) in [5.41, 5.74) is 3.04. The van der Waals surface area contributed by atoms with Crippen molar-refractivity contribution >= 4 is 5.82 Å². The first-order valence-electron chi connectivity index (χ1n) is 6.29. The largest absolute Gasteiger partial charge is 0.362 e. The van der Waals surface area contributed by atoms with Gasteiger partial charge in [0.25, 0.3) is 0 Å². The number of nitrogens with zero attached hydrogens (tertiary/aromatic N) is 2. The van der Waals surface area contributed by atoms with Gasteiger partial charge in [-0.05, 0) is 23.0 Å². The Morgan fingerprint density at radius 2 is 2.06 bits per heavy atom. The van der Waals surface area contributed by atoms with Crippen molar-refractivity contribution in [2.75, 3.05) is 5.32 Å². The highest BCUT2D eigenvalue weighted by atomic mass is 15.0. The predicted molar refractivity (Wildman–Crippen MR) is 72.5 cm³/mol. The van der Waals surface area contributed by atoms with Crippen LogP contribution in [-0.2, 0) is 5.41 Å². The zero-order valence-corrected chi connectivity index (χ0v) is 10.7. The van der Waals surface area contributed by atoms with E-state index in [-0.39, 0.29) is 5.41 Å². The molecule has 0 aliphatic heterocycles. The van der Waals surface area contributed by atoms with E-state index >= 15 is 0 Å². The van der Waals surface area contributed by atoms with Crippen molar-refractivity contribution in [1.29, 1.82) is 0 Å². The number of hydrogen-bond donors (Lipinski definition) is 1. The maximum absolute atomic E-state index is 4.29. The summed E-state index contributed by atoms with van der Waals surface area (Å²) in [5.74, 6) is 0.843. The standard InChI is InChI=1S/C15H17N3/c1-15(2)9-13(11-5-3-4-6-12(11)15)18-14-10-16-7-8-17-14/h3-8,10,13H,9H2,1-2H3,(H,17,18). The van der Waals surface area contributed by atoms with Crippen molar-refractivity contribution in [2.45, 2.75) is 31.7 Å². The van der Waals surface area contributed by atoms with Crippen molar-refractivity contribution < 1.29 is 0 Å². The highest BCUT2D eigenvalue weighted by molar-refractivity contribution is 5.46. The van der Waals surface area contributed by atoms with Crippen LogP contribution in [0.5, 0.6) is 0 Å². The van der Waals surface area contributed by atoms with Crippen LogP contribution in [-0.4, -0.2) is 9.97 Å². The minimum atomic E-state index is 0.219. The Balaban J connectivity index is 1.92. The Kier molecular flexibility index (Phi) is 2.54. The van der Waals surface area contributed by atoms with Crippen molar-refractivity contribution in [3.63, 3.8) is 0 Å². The SMILES string of the molecule is CC1(C)CC(Nc2cnccn2)c2ccccc21. The number of anilines is 1. The highest BCUT2D eigenvalue weighted by Gasteiger charge is 2.36. The molecule has 92 valence electrons. The van der Waals surface area contributed by atoms with Gasteiger partial charge in [0.2, 0.25) is 0 Å². The molecule has 0 radical (unpaired) electrons. The molecular weight excluding hydrogens is 222 g/mol. The van der Waals surface area contributed by atoms with Crippen molar-refractivity contribution in [3.05, 3.63) is 54.0 Å². The summed E-state index contributed by atoms with van der Waals surface area (Å²) in [4.78, 5) is 8.38. The average Bonchev–Trinajstić information content (AvgIpc) is 2.63. The number of hydrogen-bond acceptors (Lipinski definition) is 3. The van der Waals surface area contributed by atoms with Crippen LogP contribution in [0.15, 0.2) is 42.9 Å². The summed E-state index contributed by atoms with van der Waals surface area (Å²) < 4.78 is 0. The third-order valence-electron chi connectivity index (χ3n) is 3.67. The minimum Gasteiger partial charge on any atom is -0.362 e. The molecule has 2 aromatic rings. The molecular formula is C15H17N3. The second-order valence-corrected chi connectivity index (χ2v) is 5.46. The third kappa shape index (κ3) is 1.86. The second kappa shape index (κ2) is 4.09. The van der Waals surface area contributed by atoms with Crippen LogP contribution >= 0.6 is 0 Å². The first kappa shape index (κ1) is 11.2. The Labute approximate surface area is 107 Å². The van der Waals surface area contributed by atoms with Gasteiger partial charge in [0.1, 0.15) is 5.82 Å². The lowest BCUT2D eigenvalue weighted by atomic mass is 9.86. The van der Waals surface area contributed by atoms with Crippen molar-refractivity contribution in [3.8, 4) is 0 Å². The average molecular weight is 239 g/mol. The van der Waals surface area contributed by atoms with Gasteiger partial charge >= 0.3 is 0 Å². The van der Waals surface area contributed by atoms with Gasteiger partial charge in [0.05, 0.1) is 12.2 Å². The predicted octanol–water partition coefficient (Wildman–Crippen LogP) is 3.31. The number of nitrogens with one attached hydrogen (secondary N) is 1. The minimum absolute atomic E-state index is 0.219. The molecule has 1 aromatic heterocycles. The fourth-order valence-electron chi connectivity index (χ4n) is 2.83. The monoisotopic (exact) mass is 239 g/mol. The molecule has 3 heteroatoms. The third-order valence-corrected chi connectivity index (χ3v) is 3.67. The van der Waals surface area contributed by atoms with Crippen molar-refractivity contribution in [2.24, 2.45) is 0 Å². The summed E-state index contributed by atoms with van der Waals surface area (Å²) in [6, 6.07) is 8.98. The smallest absolute Gasteiger partial charge is 0.144 e. The molecule has 0 saturated carbocycles. The molecule has 1 N–H and O–H groups in total. The highest BCUT2D eigenvalue weighted by Crippen LogP contribution is 2.45. The lowest BCUT2D eigenvalue weighted by Gasteiger charge is -2.19. The molecule has 3 nitrogen and oxygen atoms in total. The molecule has 1 atom stereocenters. The molecule has 1 aliphatic rings. The molecule has 0 amide bonds. The van der Waals surface area contributed by atoms with Crippen LogP contribution in [0, 0.1) is 0 Å². The zero-order chi connectivity index (χ0) is 12.6. The summed E-state index contributed by atoms with van der Waals surface area (Å²) >= 11 is 0. The molecule has 1 aromatic carbocycles. The van der Waals surface area contributed by atoms with E-state index in [9.17, 15) is 0 Å². The van der Waals surface area contributed by atoms with Crippen LogP contribution in [0.4, 0.5) is 5.82 Å². The quantitative estimate of drug-likeness (QED) is 0.873. The van der Waals surface area contributed by atoms with E-state index in [0.29, 0.717) is 6.04 Å². The Bertz CT molecular complexity index is 549. The summed E-state index contributed by atoms with van der Waals surface area (Å²) in [6.45, 7) is 4.59. The fourth-order valence-corrected chi connectivity index (χ4v) is 2.83. The van der Waals surface area contributed by atoms with Gasteiger partial charge < -0.3 is 5.32 Å².